The molecule has 0 saturated carbocycles. The summed E-state index contributed by atoms with van der Waals surface area (Å²) >= 11 is 0. The van der Waals surface area contributed by atoms with Crippen molar-refractivity contribution in [2.24, 2.45) is 5.92 Å². The Balaban J connectivity index is 2.59. The van der Waals surface area contributed by atoms with E-state index in [2.05, 4.69) is 11.5 Å². The van der Waals surface area contributed by atoms with Gasteiger partial charge in [-0.25, -0.2) is 0 Å². The molecule has 1 aliphatic rings. The zero-order chi connectivity index (χ0) is 10.6. The highest BCUT2D eigenvalue weighted by molar-refractivity contribution is 5.74. The van der Waals surface area contributed by atoms with Crippen LogP contribution in [0.2, 0.25) is 0 Å². The first kappa shape index (κ1) is 11.2. The summed E-state index contributed by atoms with van der Waals surface area (Å²) in [5, 5.41) is 9.11. The fraction of sp³-hybridized carbons (Fsp3) is 0.727. The van der Waals surface area contributed by atoms with E-state index in [1.54, 1.807) is 0 Å². The van der Waals surface area contributed by atoms with Crippen molar-refractivity contribution in [2.75, 3.05) is 13.1 Å². The summed E-state index contributed by atoms with van der Waals surface area (Å²) in [6.07, 6.45) is 4.86. The molecule has 14 heavy (non-hydrogen) atoms. The summed E-state index contributed by atoms with van der Waals surface area (Å²) in [4.78, 5) is 13.1. The molecule has 1 aliphatic heterocycles. The van der Waals surface area contributed by atoms with Crippen molar-refractivity contribution < 1.29 is 9.90 Å². The van der Waals surface area contributed by atoms with Crippen molar-refractivity contribution in [2.45, 2.75) is 32.2 Å². The van der Waals surface area contributed by atoms with Gasteiger partial charge in [-0.1, -0.05) is 13.0 Å². The van der Waals surface area contributed by atoms with Crippen LogP contribution < -0.4 is 0 Å². The predicted octanol–water partition coefficient (Wildman–Crippen LogP) is 1.75. The van der Waals surface area contributed by atoms with E-state index in [1.165, 1.54) is 0 Å². The summed E-state index contributed by atoms with van der Waals surface area (Å²) in [5.41, 5.74) is 0. The number of aliphatic carboxylic acids is 1. The van der Waals surface area contributed by atoms with E-state index < -0.39 is 5.97 Å². The quantitative estimate of drug-likeness (QED) is 0.698. The van der Waals surface area contributed by atoms with E-state index in [-0.39, 0.29) is 12.0 Å². The average Bonchev–Trinajstić information content (AvgIpc) is 2.14. The highest BCUT2D eigenvalue weighted by atomic mass is 16.4. The average molecular weight is 197 g/mol. The van der Waals surface area contributed by atoms with E-state index in [0.29, 0.717) is 0 Å². The SMILES string of the molecule is C=CCCN1CCCC(C)C1C(=O)O. The maximum Gasteiger partial charge on any atom is 0.321 e. The first-order valence-electron chi connectivity index (χ1n) is 5.24. The maximum absolute atomic E-state index is 11.1. The van der Waals surface area contributed by atoms with Crippen LogP contribution in [-0.4, -0.2) is 35.1 Å². The maximum atomic E-state index is 11.1. The molecule has 3 nitrogen and oxygen atoms in total. The Kier molecular flexibility index (Phi) is 4.14. The van der Waals surface area contributed by atoms with Crippen LogP contribution in [0.25, 0.3) is 0 Å². The molecule has 1 rings (SSSR count). The van der Waals surface area contributed by atoms with Gasteiger partial charge in [-0.3, -0.25) is 9.69 Å². The highest BCUT2D eigenvalue weighted by Gasteiger charge is 2.33. The number of hydrogen-bond donors (Lipinski definition) is 1. The molecule has 3 heteroatoms. The predicted molar refractivity (Wildman–Crippen MR) is 56.2 cm³/mol. The van der Waals surface area contributed by atoms with E-state index in [0.717, 1.165) is 32.4 Å². The van der Waals surface area contributed by atoms with E-state index in [9.17, 15) is 4.79 Å². The fourth-order valence-corrected chi connectivity index (χ4v) is 2.18. The Morgan fingerprint density at radius 2 is 2.43 bits per heavy atom. The van der Waals surface area contributed by atoms with Crippen LogP contribution in [0.3, 0.4) is 0 Å². The van der Waals surface area contributed by atoms with Gasteiger partial charge in [0, 0.05) is 6.54 Å². The van der Waals surface area contributed by atoms with Crippen LogP contribution in [0.15, 0.2) is 12.7 Å². The number of piperidine rings is 1. The van der Waals surface area contributed by atoms with Crippen molar-refractivity contribution in [3.63, 3.8) is 0 Å². The van der Waals surface area contributed by atoms with Gasteiger partial charge >= 0.3 is 5.97 Å². The molecule has 1 heterocycles. The first-order chi connectivity index (χ1) is 6.66. The molecule has 0 aromatic carbocycles. The number of carboxylic acid groups (broad SMARTS) is 1. The van der Waals surface area contributed by atoms with Crippen molar-refractivity contribution in [3.05, 3.63) is 12.7 Å². The van der Waals surface area contributed by atoms with Gasteiger partial charge in [0.15, 0.2) is 0 Å². The molecule has 1 N–H and O–H groups in total. The van der Waals surface area contributed by atoms with E-state index in [4.69, 9.17) is 5.11 Å². The minimum absolute atomic E-state index is 0.270. The lowest BCUT2D eigenvalue weighted by Crippen LogP contribution is -2.49. The summed E-state index contributed by atoms with van der Waals surface area (Å²) in [6, 6.07) is -0.288. The molecule has 1 saturated heterocycles. The molecule has 0 bridgehead atoms. The summed E-state index contributed by atoms with van der Waals surface area (Å²) in [7, 11) is 0. The van der Waals surface area contributed by atoms with Gasteiger partial charge in [-0.15, -0.1) is 6.58 Å². The van der Waals surface area contributed by atoms with Crippen molar-refractivity contribution in [3.8, 4) is 0 Å². The van der Waals surface area contributed by atoms with Crippen molar-refractivity contribution in [1.82, 2.24) is 4.90 Å². The smallest absolute Gasteiger partial charge is 0.321 e. The first-order valence-corrected chi connectivity index (χ1v) is 5.24. The van der Waals surface area contributed by atoms with Crippen LogP contribution in [0.1, 0.15) is 26.2 Å². The van der Waals surface area contributed by atoms with E-state index >= 15 is 0 Å². The Labute approximate surface area is 85.4 Å². The topological polar surface area (TPSA) is 40.5 Å². The van der Waals surface area contributed by atoms with E-state index in [1.807, 2.05) is 13.0 Å². The Bertz CT molecular complexity index is 215. The molecule has 0 aliphatic carbocycles. The fourth-order valence-electron chi connectivity index (χ4n) is 2.18. The van der Waals surface area contributed by atoms with Gasteiger partial charge in [-0.05, 0) is 31.7 Å². The Morgan fingerprint density at radius 3 is 3.00 bits per heavy atom. The standard InChI is InChI=1S/C11H19NO2/c1-3-4-7-12-8-5-6-9(2)10(12)11(13)14/h3,9-10H,1,4-8H2,2H3,(H,13,14). The third-order valence-electron chi connectivity index (χ3n) is 2.91. The molecule has 0 radical (unpaired) electrons. The second-order valence-corrected chi connectivity index (χ2v) is 4.02. The monoisotopic (exact) mass is 197 g/mol. The largest absolute Gasteiger partial charge is 0.480 e. The molecule has 0 spiro atoms. The van der Waals surface area contributed by atoms with Gasteiger partial charge < -0.3 is 5.11 Å². The normalized spacial score (nSPS) is 28.6. The molecule has 80 valence electrons. The van der Waals surface area contributed by atoms with Crippen LogP contribution in [0.5, 0.6) is 0 Å². The van der Waals surface area contributed by atoms with Crippen LogP contribution in [-0.2, 0) is 4.79 Å². The third kappa shape index (κ3) is 2.58. The molecule has 2 unspecified atom stereocenters. The minimum atomic E-state index is -0.679. The molecule has 1 fully saturated rings. The molecule has 0 amide bonds. The van der Waals surface area contributed by atoms with Crippen molar-refractivity contribution in [1.29, 1.82) is 0 Å². The molecule has 0 aromatic rings. The second-order valence-electron chi connectivity index (χ2n) is 4.02. The second kappa shape index (κ2) is 5.15. The van der Waals surface area contributed by atoms with Gasteiger partial charge in [0.25, 0.3) is 0 Å². The summed E-state index contributed by atoms with van der Waals surface area (Å²) in [5.74, 6) is -0.410. The zero-order valence-electron chi connectivity index (χ0n) is 8.78. The number of carbonyl (C=O) groups is 1. The highest BCUT2D eigenvalue weighted by Crippen LogP contribution is 2.23. The zero-order valence-corrected chi connectivity index (χ0v) is 8.78. The summed E-state index contributed by atoms with van der Waals surface area (Å²) in [6.45, 7) is 7.42. The molecular weight excluding hydrogens is 178 g/mol. The molecule has 2 atom stereocenters. The number of carboxylic acids is 1. The lowest BCUT2D eigenvalue weighted by molar-refractivity contribution is -0.146. The van der Waals surface area contributed by atoms with Crippen LogP contribution in [0, 0.1) is 5.92 Å². The molecular formula is C11H19NO2. The lowest BCUT2D eigenvalue weighted by Gasteiger charge is -2.37. The van der Waals surface area contributed by atoms with Gasteiger partial charge in [0.1, 0.15) is 6.04 Å². The number of rotatable bonds is 4. The molecule has 0 aromatic heterocycles. The van der Waals surface area contributed by atoms with Gasteiger partial charge in [-0.2, -0.15) is 0 Å². The van der Waals surface area contributed by atoms with Crippen LogP contribution in [0.4, 0.5) is 0 Å². The Hall–Kier alpha value is -0.830. The number of hydrogen-bond acceptors (Lipinski definition) is 2. The minimum Gasteiger partial charge on any atom is -0.480 e. The van der Waals surface area contributed by atoms with Gasteiger partial charge in [0.05, 0.1) is 0 Å². The van der Waals surface area contributed by atoms with Crippen molar-refractivity contribution >= 4 is 5.97 Å². The number of likely N-dealkylation sites (tertiary alicyclic amines) is 1. The van der Waals surface area contributed by atoms with Crippen LogP contribution >= 0.6 is 0 Å². The third-order valence-corrected chi connectivity index (χ3v) is 2.91. The number of nitrogens with zero attached hydrogens (tertiary/aromatic N) is 1. The van der Waals surface area contributed by atoms with Gasteiger partial charge in [0.2, 0.25) is 0 Å². The summed E-state index contributed by atoms with van der Waals surface area (Å²) < 4.78 is 0. The Morgan fingerprint density at radius 1 is 1.71 bits per heavy atom. The lowest BCUT2D eigenvalue weighted by atomic mass is 9.91.